The van der Waals surface area contributed by atoms with Crippen molar-refractivity contribution in [3.05, 3.63) is 10.4 Å². The lowest BCUT2D eigenvalue weighted by Crippen LogP contribution is -2.36. The first-order valence-corrected chi connectivity index (χ1v) is 7.92. The monoisotopic (exact) mass is 323 g/mol. The molecule has 0 unspecified atom stereocenters. The van der Waals surface area contributed by atoms with Crippen LogP contribution in [-0.2, 0) is 4.79 Å². The van der Waals surface area contributed by atoms with E-state index >= 15 is 0 Å². The number of anilines is 3. The molecular weight excluding hydrogens is 298 g/mol. The van der Waals surface area contributed by atoms with E-state index in [0.717, 1.165) is 19.6 Å². The molecule has 0 aromatic carbocycles. The van der Waals surface area contributed by atoms with Gasteiger partial charge in [0.1, 0.15) is 5.69 Å². The zero-order valence-electron chi connectivity index (χ0n) is 13.7. The number of nitrogens with two attached hydrogens (primary N) is 1. The second-order valence-corrected chi connectivity index (χ2v) is 5.37. The van der Waals surface area contributed by atoms with E-state index in [9.17, 15) is 9.59 Å². The first kappa shape index (κ1) is 17.1. The average molecular weight is 323 g/mol. The van der Waals surface area contributed by atoms with Crippen LogP contribution in [0.15, 0.2) is 4.79 Å². The predicted octanol–water partition coefficient (Wildman–Crippen LogP) is -0.610. The largest absolute Gasteiger partial charge is 0.369 e. The van der Waals surface area contributed by atoms with Crippen molar-refractivity contribution in [3.8, 4) is 0 Å². The van der Waals surface area contributed by atoms with Crippen LogP contribution in [0.25, 0.3) is 0 Å². The fraction of sp³-hybridized carbons (Fsp3) is 0.643. The fourth-order valence-corrected chi connectivity index (χ4v) is 2.52. The smallest absolute Gasteiger partial charge is 0.277 e. The van der Waals surface area contributed by atoms with Gasteiger partial charge in [-0.3, -0.25) is 14.6 Å². The van der Waals surface area contributed by atoms with Gasteiger partial charge in [-0.05, 0) is 13.1 Å². The van der Waals surface area contributed by atoms with Gasteiger partial charge < -0.3 is 26.2 Å². The normalized spacial score (nSPS) is 13.1. The van der Waals surface area contributed by atoms with E-state index in [1.165, 1.54) is 0 Å². The molecule has 0 bridgehead atoms. The Morgan fingerprint density at radius 2 is 2.17 bits per heavy atom. The highest BCUT2D eigenvalue weighted by Gasteiger charge is 2.23. The van der Waals surface area contributed by atoms with Crippen molar-refractivity contribution in [1.82, 2.24) is 20.2 Å². The van der Waals surface area contributed by atoms with Gasteiger partial charge in [-0.1, -0.05) is 13.8 Å². The summed E-state index contributed by atoms with van der Waals surface area (Å²) in [5.74, 6) is 0.566. The van der Waals surface area contributed by atoms with Gasteiger partial charge in [0.05, 0.1) is 6.67 Å². The number of H-pyrrole nitrogens is 1. The molecule has 0 atom stereocenters. The SMILES string of the molecule is CCN(CC)CCNC(=O)CCN1CNc2c1nc(N)[nH]c2=O. The third-order valence-electron chi connectivity index (χ3n) is 3.92. The number of rotatable bonds is 8. The molecular formula is C14H25N7O2. The van der Waals surface area contributed by atoms with Gasteiger partial charge in [-0.25, -0.2) is 0 Å². The number of nitrogens with one attached hydrogen (secondary N) is 3. The zero-order valence-corrected chi connectivity index (χ0v) is 13.7. The lowest BCUT2D eigenvalue weighted by Gasteiger charge is -2.19. The van der Waals surface area contributed by atoms with E-state index in [4.69, 9.17) is 5.73 Å². The van der Waals surface area contributed by atoms with Gasteiger partial charge in [0, 0.05) is 26.1 Å². The molecule has 0 aliphatic carbocycles. The van der Waals surface area contributed by atoms with Crippen LogP contribution in [-0.4, -0.2) is 60.2 Å². The van der Waals surface area contributed by atoms with Crippen LogP contribution in [0.4, 0.5) is 17.5 Å². The minimum Gasteiger partial charge on any atom is -0.369 e. The zero-order chi connectivity index (χ0) is 16.8. The van der Waals surface area contributed by atoms with Crippen LogP contribution >= 0.6 is 0 Å². The van der Waals surface area contributed by atoms with Crippen molar-refractivity contribution >= 4 is 23.4 Å². The average Bonchev–Trinajstić information content (AvgIpc) is 2.93. The highest BCUT2D eigenvalue weighted by molar-refractivity contribution is 5.77. The number of aromatic amines is 1. The molecule has 2 rings (SSSR count). The van der Waals surface area contributed by atoms with Crippen molar-refractivity contribution in [2.24, 2.45) is 0 Å². The molecule has 23 heavy (non-hydrogen) atoms. The number of carbonyl (C=O) groups excluding carboxylic acids is 1. The summed E-state index contributed by atoms with van der Waals surface area (Å²) in [7, 11) is 0. The molecule has 128 valence electrons. The molecule has 1 aromatic rings. The van der Waals surface area contributed by atoms with Gasteiger partial charge in [0.25, 0.3) is 5.56 Å². The van der Waals surface area contributed by atoms with Gasteiger partial charge in [0.15, 0.2) is 5.82 Å². The number of likely N-dealkylation sites (N-methyl/N-ethyl adjacent to an activating group) is 1. The molecule has 0 radical (unpaired) electrons. The Kier molecular flexibility index (Phi) is 5.80. The Morgan fingerprint density at radius 3 is 2.87 bits per heavy atom. The van der Waals surface area contributed by atoms with Crippen molar-refractivity contribution in [2.45, 2.75) is 20.3 Å². The van der Waals surface area contributed by atoms with Crippen molar-refractivity contribution in [1.29, 1.82) is 0 Å². The predicted molar refractivity (Wildman–Crippen MR) is 90.5 cm³/mol. The highest BCUT2D eigenvalue weighted by Crippen LogP contribution is 2.25. The standard InChI is InChI=1S/C14H25N7O2/c1-3-20(4-2)8-6-16-10(22)5-7-21-9-17-11-12(21)18-14(15)19-13(11)23/h17H,3-9H2,1-2H3,(H,16,22)(H3,15,18,19,23). The Morgan fingerprint density at radius 1 is 1.43 bits per heavy atom. The maximum atomic E-state index is 11.9. The molecule has 0 spiro atoms. The molecule has 1 aromatic heterocycles. The van der Waals surface area contributed by atoms with Crippen LogP contribution in [0.5, 0.6) is 0 Å². The number of amides is 1. The quantitative estimate of drug-likeness (QED) is 0.504. The summed E-state index contributed by atoms with van der Waals surface area (Å²) in [6, 6.07) is 0. The number of fused-ring (bicyclic) bond motifs is 1. The summed E-state index contributed by atoms with van der Waals surface area (Å²) in [6.07, 6.45) is 0.341. The maximum Gasteiger partial charge on any atom is 0.277 e. The molecule has 0 fully saturated rings. The topological polar surface area (TPSA) is 119 Å². The molecule has 1 amide bonds. The first-order chi connectivity index (χ1) is 11.0. The number of carbonyl (C=O) groups is 1. The number of nitrogens with zero attached hydrogens (tertiary/aromatic N) is 3. The molecule has 5 N–H and O–H groups in total. The molecule has 0 saturated heterocycles. The van der Waals surface area contributed by atoms with Crippen LogP contribution in [0.2, 0.25) is 0 Å². The molecule has 2 heterocycles. The summed E-state index contributed by atoms with van der Waals surface area (Å²) in [4.78, 5) is 34.3. The van der Waals surface area contributed by atoms with Crippen molar-refractivity contribution in [3.63, 3.8) is 0 Å². The molecule has 9 heteroatoms. The Hall–Kier alpha value is -2.29. The lowest BCUT2D eigenvalue weighted by molar-refractivity contribution is -0.120. The fourth-order valence-electron chi connectivity index (χ4n) is 2.52. The third-order valence-corrected chi connectivity index (χ3v) is 3.92. The second-order valence-electron chi connectivity index (χ2n) is 5.37. The van der Waals surface area contributed by atoms with Crippen LogP contribution in [0, 0.1) is 0 Å². The molecule has 1 aliphatic heterocycles. The van der Waals surface area contributed by atoms with Crippen LogP contribution < -0.4 is 26.8 Å². The maximum absolute atomic E-state index is 11.9. The summed E-state index contributed by atoms with van der Waals surface area (Å²) < 4.78 is 0. The van der Waals surface area contributed by atoms with E-state index in [0.29, 0.717) is 37.7 Å². The van der Waals surface area contributed by atoms with E-state index in [1.54, 1.807) is 0 Å². The van der Waals surface area contributed by atoms with E-state index in [2.05, 4.69) is 39.3 Å². The molecule has 1 aliphatic rings. The van der Waals surface area contributed by atoms with Crippen molar-refractivity contribution in [2.75, 3.05) is 55.3 Å². The summed E-state index contributed by atoms with van der Waals surface area (Å²) in [6.45, 7) is 8.57. The minimum atomic E-state index is -0.293. The number of hydrogen-bond acceptors (Lipinski definition) is 7. The third kappa shape index (κ3) is 4.35. The second kappa shape index (κ2) is 7.82. The summed E-state index contributed by atoms with van der Waals surface area (Å²) >= 11 is 0. The van der Waals surface area contributed by atoms with Gasteiger partial charge in [0.2, 0.25) is 11.9 Å². The first-order valence-electron chi connectivity index (χ1n) is 7.92. The summed E-state index contributed by atoms with van der Waals surface area (Å²) in [5, 5.41) is 5.88. The van der Waals surface area contributed by atoms with E-state index < -0.39 is 0 Å². The Balaban J connectivity index is 1.80. The van der Waals surface area contributed by atoms with E-state index in [-0.39, 0.29) is 17.4 Å². The van der Waals surface area contributed by atoms with Crippen LogP contribution in [0.3, 0.4) is 0 Å². The Labute approximate surface area is 135 Å². The minimum absolute atomic E-state index is 0.0107. The van der Waals surface area contributed by atoms with Crippen molar-refractivity contribution < 1.29 is 4.79 Å². The van der Waals surface area contributed by atoms with Crippen LogP contribution in [0.1, 0.15) is 20.3 Å². The van der Waals surface area contributed by atoms with Gasteiger partial charge >= 0.3 is 0 Å². The number of aromatic nitrogens is 2. The lowest BCUT2D eigenvalue weighted by atomic mass is 10.3. The van der Waals surface area contributed by atoms with Gasteiger partial charge in [-0.15, -0.1) is 0 Å². The highest BCUT2D eigenvalue weighted by atomic mass is 16.1. The summed E-state index contributed by atoms with van der Waals surface area (Å²) in [5.41, 5.74) is 5.68. The van der Waals surface area contributed by atoms with E-state index in [1.807, 2.05) is 4.90 Å². The van der Waals surface area contributed by atoms with Gasteiger partial charge in [-0.2, -0.15) is 4.98 Å². The number of nitrogen functional groups attached to an aromatic ring is 1. The Bertz CT molecular complexity index is 597. The molecule has 0 saturated carbocycles. The molecule has 9 nitrogen and oxygen atoms in total. The number of hydrogen-bond donors (Lipinski definition) is 4.